The summed E-state index contributed by atoms with van der Waals surface area (Å²) >= 11 is 0. The number of nitrogens with zero attached hydrogens (tertiary/aromatic N) is 4. The largest absolute Gasteiger partial charge is 1.00 e. The van der Waals surface area contributed by atoms with Gasteiger partial charge in [0, 0.05) is 45.8 Å². The van der Waals surface area contributed by atoms with Crippen LogP contribution in [0.1, 0.15) is 67.2 Å². The molecule has 0 saturated carbocycles. The number of piperazine rings is 1. The number of benzene rings is 1. The Hall–Kier alpha value is -0.524. The van der Waals surface area contributed by atoms with Crippen molar-refractivity contribution in [1.29, 1.82) is 0 Å². The van der Waals surface area contributed by atoms with Crippen LogP contribution >= 0.6 is 0 Å². The van der Waals surface area contributed by atoms with E-state index >= 15 is 0 Å². The molecule has 0 unspecified atom stereocenters. The number of para-hydroxylation sites is 2. The third kappa shape index (κ3) is 18.8. The summed E-state index contributed by atoms with van der Waals surface area (Å²) in [7, 11) is 0. The molecule has 0 bridgehead atoms. The van der Waals surface area contributed by atoms with Crippen molar-refractivity contribution in [2.24, 2.45) is 11.8 Å². The maximum atomic E-state index is 9.31. The van der Waals surface area contributed by atoms with Crippen LogP contribution in [-0.4, -0.2) is 101 Å². The van der Waals surface area contributed by atoms with Gasteiger partial charge < -0.3 is 37.0 Å². The molecule has 3 N–H and O–H groups in total. The molecule has 1 saturated heterocycles. The van der Waals surface area contributed by atoms with Crippen molar-refractivity contribution in [3.05, 3.63) is 31.2 Å². The van der Waals surface area contributed by atoms with Gasteiger partial charge in [0.2, 0.25) is 5.95 Å². The number of hydrogen-bond donors (Lipinski definition) is 3. The van der Waals surface area contributed by atoms with Gasteiger partial charge in [0.15, 0.2) is 0 Å². The number of aliphatic carboxylic acids is 1. The minimum Gasteiger partial charge on any atom is -0.483 e. The summed E-state index contributed by atoms with van der Waals surface area (Å²) in [6.07, 6.45) is 3.66. The Morgan fingerprint density at radius 1 is 1.02 bits per heavy atom. The molecule has 8 nitrogen and oxygen atoms in total. The summed E-state index contributed by atoms with van der Waals surface area (Å²) in [6, 6.07) is 8.18. The Bertz CT molecular complexity index is 841. The number of carboxylic acids is 1. The summed E-state index contributed by atoms with van der Waals surface area (Å²) in [4.78, 5) is 25.2. The molecule has 0 radical (unpaired) electrons. The number of fused-ring (bicyclic) bond motifs is 1. The Kier molecular flexibility index (Phi) is 23.7. The minimum absolute atomic E-state index is 0. The van der Waals surface area contributed by atoms with Gasteiger partial charge in [-0.2, -0.15) is 0 Å². The predicted octanol–water partition coefficient (Wildman–Crippen LogP) is 2.70. The second kappa shape index (κ2) is 24.0. The second-order valence-electron chi connectivity index (χ2n) is 11.3. The van der Waals surface area contributed by atoms with E-state index in [-0.39, 0.29) is 57.8 Å². The van der Waals surface area contributed by atoms with E-state index in [0.717, 1.165) is 48.3 Å². The molecule has 1 aromatic heterocycles. The third-order valence-electron chi connectivity index (χ3n) is 6.21. The zero-order chi connectivity index (χ0) is 29.0. The van der Waals surface area contributed by atoms with Gasteiger partial charge in [-0.05, 0) is 56.4 Å². The van der Waals surface area contributed by atoms with Gasteiger partial charge in [-0.1, -0.05) is 66.5 Å². The molecule has 0 spiro atoms. The Morgan fingerprint density at radius 3 is 2.00 bits per heavy atom. The predicted molar refractivity (Wildman–Crippen MR) is 166 cm³/mol. The Balaban J connectivity index is 0.00000150. The molecular weight excluding hydrogens is 527 g/mol. The van der Waals surface area contributed by atoms with Crippen molar-refractivity contribution < 1.29 is 61.3 Å². The minimum atomic E-state index is -0.856. The number of nitrogens with one attached hydrogen (secondary N) is 2. The number of imidazole rings is 1. The van der Waals surface area contributed by atoms with E-state index in [2.05, 4.69) is 84.5 Å². The summed E-state index contributed by atoms with van der Waals surface area (Å²) < 4.78 is 0. The first-order chi connectivity index (χ1) is 18.7. The van der Waals surface area contributed by atoms with Crippen LogP contribution in [0.4, 0.5) is 5.95 Å². The van der Waals surface area contributed by atoms with E-state index in [9.17, 15) is 4.79 Å². The quantitative estimate of drug-likeness (QED) is 0.179. The Morgan fingerprint density at radius 2 is 1.52 bits per heavy atom. The van der Waals surface area contributed by atoms with Gasteiger partial charge in [0.1, 0.15) is 0 Å². The number of carbonyl (C=O) groups is 1. The maximum Gasteiger partial charge on any atom is 1.00 e. The van der Waals surface area contributed by atoms with Gasteiger partial charge in [-0.3, -0.25) is 4.79 Å². The number of H-pyrrole nitrogens is 1. The molecule has 0 aliphatic carbocycles. The van der Waals surface area contributed by atoms with E-state index in [0.29, 0.717) is 0 Å². The van der Waals surface area contributed by atoms with Crippen LogP contribution < -0.4 is 56.7 Å². The topological polar surface area (TPSA) is 87.7 Å². The molecule has 1 aromatic carbocycles. The molecule has 0 atom stereocenters. The first-order valence-electron chi connectivity index (χ1n) is 15.0. The van der Waals surface area contributed by atoms with Crippen molar-refractivity contribution in [1.82, 2.24) is 24.7 Å². The van der Waals surface area contributed by atoms with Crippen molar-refractivity contribution >= 4 is 23.0 Å². The molecule has 1 fully saturated rings. The molecule has 0 amide bonds. The van der Waals surface area contributed by atoms with Crippen molar-refractivity contribution in [3.63, 3.8) is 0 Å². The van der Waals surface area contributed by atoms with Crippen LogP contribution in [0.5, 0.6) is 0 Å². The van der Waals surface area contributed by atoms with E-state index in [1.54, 1.807) is 0 Å². The first-order valence-corrected chi connectivity index (χ1v) is 15.0. The zero-order valence-electron chi connectivity index (χ0n) is 26.7. The molecule has 224 valence electrons. The van der Waals surface area contributed by atoms with Gasteiger partial charge in [0.05, 0.1) is 11.0 Å². The second-order valence-corrected chi connectivity index (χ2v) is 11.3. The SMILES string of the molecule is CC(C)CN(CCCN1CCN(CCCNc2nc3ccccc3[nH]2)CC1)CC(C)C.CCC.[CH2-]CC(=O)O.[K+]. The van der Waals surface area contributed by atoms with Crippen LogP contribution in [0.2, 0.25) is 0 Å². The zero-order valence-corrected chi connectivity index (χ0v) is 29.8. The summed E-state index contributed by atoms with van der Waals surface area (Å²) in [5, 5.41) is 11.1. The fourth-order valence-electron chi connectivity index (χ4n) is 4.59. The van der Waals surface area contributed by atoms with Gasteiger partial charge in [-0.25, -0.2) is 4.98 Å². The molecule has 1 aliphatic rings. The first kappa shape index (κ1) is 39.5. The van der Waals surface area contributed by atoms with E-state index < -0.39 is 5.97 Å². The fraction of sp³-hybridized carbons (Fsp3) is 0.710. The normalized spacial score (nSPS) is 13.9. The molecule has 2 aromatic rings. The van der Waals surface area contributed by atoms with Crippen LogP contribution in [-0.2, 0) is 4.79 Å². The number of hydrogen-bond acceptors (Lipinski definition) is 6. The summed E-state index contributed by atoms with van der Waals surface area (Å²) in [5.41, 5.74) is 2.12. The molecule has 9 heteroatoms. The average Bonchev–Trinajstić information content (AvgIpc) is 3.30. The summed E-state index contributed by atoms with van der Waals surface area (Å²) in [5.74, 6) is 1.53. The Labute approximate surface area is 287 Å². The van der Waals surface area contributed by atoms with E-state index in [1.807, 2.05) is 18.2 Å². The standard InChI is InChI=1S/C25H44N6.C3H5O2.C3H8.K/c1-21(2)19-31(20-22(3)4)14-8-13-30-17-15-29(16-18-30)12-7-11-26-25-27-23-9-5-6-10-24(23)28-25;1-2-3(4)5;1-3-2;/h5-6,9-10,21-22H,7-8,11-20H2,1-4H3,(H2,26,27,28);1-2H2,(H,4,5);3H2,1-2H3;/q;-1;;+1. The fourth-order valence-corrected chi connectivity index (χ4v) is 4.59. The molecule has 1 aliphatic heterocycles. The van der Waals surface area contributed by atoms with E-state index in [1.165, 1.54) is 65.2 Å². The monoisotopic (exact) mass is 584 g/mol. The van der Waals surface area contributed by atoms with Crippen LogP contribution in [0.3, 0.4) is 0 Å². The molecule has 40 heavy (non-hydrogen) atoms. The van der Waals surface area contributed by atoms with Crippen molar-refractivity contribution in [3.8, 4) is 0 Å². The summed E-state index contributed by atoms with van der Waals surface area (Å²) in [6.45, 7) is 28.6. The number of aromatic nitrogens is 2. The van der Waals surface area contributed by atoms with Crippen LogP contribution in [0.15, 0.2) is 24.3 Å². The van der Waals surface area contributed by atoms with Gasteiger partial charge >= 0.3 is 51.4 Å². The molecular formula is C31H57KN6O2. The van der Waals surface area contributed by atoms with Gasteiger partial charge in [-0.15, -0.1) is 0 Å². The maximum absolute atomic E-state index is 9.31. The van der Waals surface area contributed by atoms with Crippen molar-refractivity contribution in [2.45, 2.75) is 67.2 Å². The smallest absolute Gasteiger partial charge is 0.483 e. The van der Waals surface area contributed by atoms with Crippen LogP contribution in [0, 0.1) is 18.8 Å². The third-order valence-corrected chi connectivity index (χ3v) is 6.21. The number of aromatic amines is 1. The van der Waals surface area contributed by atoms with Crippen molar-refractivity contribution in [2.75, 3.05) is 70.8 Å². The number of carboxylic acid groups (broad SMARTS) is 1. The molecule has 2 heterocycles. The average molecular weight is 585 g/mol. The number of rotatable bonds is 14. The number of anilines is 1. The molecule has 3 rings (SSSR count). The van der Waals surface area contributed by atoms with E-state index in [4.69, 9.17) is 5.11 Å². The van der Waals surface area contributed by atoms with Gasteiger partial charge in [0.25, 0.3) is 5.97 Å². The van der Waals surface area contributed by atoms with Crippen LogP contribution in [0.25, 0.3) is 11.0 Å².